The summed E-state index contributed by atoms with van der Waals surface area (Å²) in [6.45, 7) is 7.41. The van der Waals surface area contributed by atoms with Crippen LogP contribution < -0.4 is 0 Å². The predicted octanol–water partition coefficient (Wildman–Crippen LogP) is 4.50. The molecule has 0 spiro atoms. The van der Waals surface area contributed by atoms with Crippen LogP contribution in [0.3, 0.4) is 0 Å². The van der Waals surface area contributed by atoms with Gasteiger partial charge in [-0.15, -0.1) is 10.2 Å². The highest BCUT2D eigenvalue weighted by Gasteiger charge is 2.13. The van der Waals surface area contributed by atoms with Crippen LogP contribution in [0.2, 0.25) is 0 Å². The fraction of sp³-hybridized carbons (Fsp3) is 0.417. The number of tetrazole rings is 1. The summed E-state index contributed by atoms with van der Waals surface area (Å²) in [5.74, 6) is 3.24. The third-order valence-electron chi connectivity index (χ3n) is 5.50. The van der Waals surface area contributed by atoms with Crippen molar-refractivity contribution in [3.8, 4) is 22.5 Å². The van der Waals surface area contributed by atoms with Gasteiger partial charge in [-0.1, -0.05) is 51.5 Å². The Balaban J connectivity index is 1.54. The zero-order valence-corrected chi connectivity index (χ0v) is 19.0. The zero-order chi connectivity index (χ0) is 22.3. The smallest absolute Gasteiger partial charge is 0.206 e. The Bertz CT molecular complexity index is 1110. The van der Waals surface area contributed by atoms with Gasteiger partial charge in [0.25, 0.3) is 0 Å². The normalized spacial score (nSPS) is 11.4. The molecule has 3 aromatic heterocycles. The molecule has 0 radical (unpaired) electrons. The standard InChI is InChI=1S/C24H30N8/c1-4-5-6-23-26-22(12-7-17(2)3)29-32(23)16-18-8-10-19(11-9-18)20-13-14-25-15-21(20)24-27-30-31-28-24/h8-11,13-15,17H,4-7,12,16H2,1-3H3,(H,27,28,30,31). The van der Waals surface area contributed by atoms with Crippen molar-refractivity contribution in [3.05, 3.63) is 59.9 Å². The molecule has 4 aromatic rings. The summed E-state index contributed by atoms with van der Waals surface area (Å²) in [5.41, 5.74) is 4.15. The summed E-state index contributed by atoms with van der Waals surface area (Å²) in [5, 5.41) is 19.2. The van der Waals surface area contributed by atoms with Crippen LogP contribution in [0.5, 0.6) is 0 Å². The van der Waals surface area contributed by atoms with Crippen molar-refractivity contribution in [2.75, 3.05) is 0 Å². The maximum atomic E-state index is 4.84. The first-order chi connectivity index (χ1) is 15.6. The number of pyridine rings is 1. The van der Waals surface area contributed by atoms with Gasteiger partial charge in [-0.2, -0.15) is 10.3 Å². The number of aromatic amines is 1. The van der Waals surface area contributed by atoms with E-state index in [1.165, 1.54) is 5.56 Å². The molecule has 32 heavy (non-hydrogen) atoms. The van der Waals surface area contributed by atoms with E-state index in [2.05, 4.69) is 75.3 Å². The van der Waals surface area contributed by atoms with Gasteiger partial charge < -0.3 is 0 Å². The molecule has 1 aromatic carbocycles. The minimum Gasteiger partial charge on any atom is -0.264 e. The largest absolute Gasteiger partial charge is 0.264 e. The summed E-state index contributed by atoms with van der Waals surface area (Å²) in [4.78, 5) is 9.07. The summed E-state index contributed by atoms with van der Waals surface area (Å²) in [6, 6.07) is 10.5. The van der Waals surface area contributed by atoms with Gasteiger partial charge in [0.2, 0.25) is 5.82 Å². The molecule has 0 aliphatic heterocycles. The summed E-state index contributed by atoms with van der Waals surface area (Å²) >= 11 is 0. The fourth-order valence-corrected chi connectivity index (χ4v) is 3.66. The maximum Gasteiger partial charge on any atom is 0.206 e. The van der Waals surface area contributed by atoms with Gasteiger partial charge in [-0.3, -0.25) is 4.98 Å². The van der Waals surface area contributed by atoms with E-state index in [4.69, 9.17) is 10.1 Å². The number of nitrogens with zero attached hydrogens (tertiary/aromatic N) is 7. The topological polar surface area (TPSA) is 98.1 Å². The minimum atomic E-state index is 0.536. The van der Waals surface area contributed by atoms with E-state index in [1.807, 2.05) is 6.07 Å². The van der Waals surface area contributed by atoms with Crippen LogP contribution in [0, 0.1) is 5.92 Å². The Morgan fingerprint density at radius 3 is 2.59 bits per heavy atom. The van der Waals surface area contributed by atoms with Crippen LogP contribution in [0.1, 0.15) is 57.2 Å². The third-order valence-corrected chi connectivity index (χ3v) is 5.50. The van der Waals surface area contributed by atoms with Crippen molar-refractivity contribution in [2.24, 2.45) is 5.92 Å². The highest BCUT2D eigenvalue weighted by Crippen LogP contribution is 2.29. The van der Waals surface area contributed by atoms with Crippen LogP contribution in [0.4, 0.5) is 0 Å². The second-order valence-corrected chi connectivity index (χ2v) is 8.49. The molecule has 0 aliphatic rings. The van der Waals surface area contributed by atoms with Crippen molar-refractivity contribution >= 4 is 0 Å². The molecule has 0 atom stereocenters. The van der Waals surface area contributed by atoms with E-state index in [9.17, 15) is 0 Å². The molecule has 0 aliphatic carbocycles. The second-order valence-electron chi connectivity index (χ2n) is 8.49. The number of hydrogen-bond donors (Lipinski definition) is 1. The Morgan fingerprint density at radius 1 is 1.03 bits per heavy atom. The Kier molecular flexibility index (Phi) is 6.99. The number of nitrogens with one attached hydrogen (secondary N) is 1. The molecule has 0 unspecified atom stereocenters. The van der Waals surface area contributed by atoms with Gasteiger partial charge in [-0.25, -0.2) is 9.67 Å². The minimum absolute atomic E-state index is 0.536. The Hall–Kier alpha value is -3.42. The first-order valence-electron chi connectivity index (χ1n) is 11.3. The van der Waals surface area contributed by atoms with E-state index < -0.39 is 0 Å². The highest BCUT2D eigenvalue weighted by atomic mass is 15.5. The fourth-order valence-electron chi connectivity index (χ4n) is 3.66. The molecule has 0 saturated heterocycles. The Labute approximate surface area is 188 Å². The monoisotopic (exact) mass is 430 g/mol. The van der Waals surface area contributed by atoms with Crippen LogP contribution >= 0.6 is 0 Å². The summed E-state index contributed by atoms with van der Waals surface area (Å²) in [7, 11) is 0. The molecule has 166 valence electrons. The Morgan fingerprint density at radius 2 is 1.88 bits per heavy atom. The second kappa shape index (κ2) is 10.3. The molecule has 4 rings (SSSR count). The van der Waals surface area contributed by atoms with E-state index in [0.717, 1.165) is 67.0 Å². The van der Waals surface area contributed by atoms with Crippen LogP contribution in [0.25, 0.3) is 22.5 Å². The molecule has 1 N–H and O–H groups in total. The van der Waals surface area contributed by atoms with Gasteiger partial charge in [-0.05, 0) is 46.7 Å². The maximum absolute atomic E-state index is 4.84. The van der Waals surface area contributed by atoms with E-state index in [0.29, 0.717) is 11.7 Å². The van der Waals surface area contributed by atoms with Crippen molar-refractivity contribution in [3.63, 3.8) is 0 Å². The molecular formula is C24H30N8. The lowest BCUT2D eigenvalue weighted by molar-refractivity contribution is 0.567. The number of hydrogen-bond acceptors (Lipinski definition) is 6. The van der Waals surface area contributed by atoms with Crippen molar-refractivity contribution < 1.29 is 0 Å². The van der Waals surface area contributed by atoms with Gasteiger partial charge >= 0.3 is 0 Å². The zero-order valence-electron chi connectivity index (χ0n) is 19.0. The van der Waals surface area contributed by atoms with E-state index in [1.54, 1.807) is 12.4 Å². The van der Waals surface area contributed by atoms with Gasteiger partial charge in [0.15, 0.2) is 5.82 Å². The molecule has 0 saturated carbocycles. The quantitative estimate of drug-likeness (QED) is 0.398. The predicted molar refractivity (Wildman–Crippen MR) is 124 cm³/mol. The molecular weight excluding hydrogens is 400 g/mol. The lowest BCUT2D eigenvalue weighted by atomic mass is 10.00. The number of unbranched alkanes of at least 4 members (excludes halogenated alkanes) is 1. The van der Waals surface area contributed by atoms with Gasteiger partial charge in [0.1, 0.15) is 5.82 Å². The van der Waals surface area contributed by atoms with Gasteiger partial charge in [0, 0.05) is 30.8 Å². The van der Waals surface area contributed by atoms with Crippen molar-refractivity contribution in [2.45, 2.75) is 59.4 Å². The van der Waals surface area contributed by atoms with E-state index >= 15 is 0 Å². The number of aromatic nitrogens is 8. The van der Waals surface area contributed by atoms with Gasteiger partial charge in [0.05, 0.1) is 6.54 Å². The summed E-state index contributed by atoms with van der Waals surface area (Å²) < 4.78 is 2.08. The van der Waals surface area contributed by atoms with Crippen molar-refractivity contribution in [1.82, 2.24) is 40.4 Å². The first kappa shape index (κ1) is 21.8. The van der Waals surface area contributed by atoms with Crippen LogP contribution in [-0.4, -0.2) is 40.4 Å². The number of rotatable bonds is 10. The average molecular weight is 431 g/mol. The number of aryl methyl sites for hydroxylation is 2. The number of benzene rings is 1. The van der Waals surface area contributed by atoms with Crippen LogP contribution in [-0.2, 0) is 19.4 Å². The molecule has 8 nitrogen and oxygen atoms in total. The highest BCUT2D eigenvalue weighted by molar-refractivity contribution is 5.79. The first-order valence-corrected chi connectivity index (χ1v) is 11.3. The molecule has 0 fully saturated rings. The molecule has 0 amide bonds. The van der Waals surface area contributed by atoms with Crippen LogP contribution in [0.15, 0.2) is 42.7 Å². The third kappa shape index (κ3) is 5.25. The van der Waals surface area contributed by atoms with E-state index in [-0.39, 0.29) is 0 Å². The lowest BCUT2D eigenvalue weighted by Gasteiger charge is -2.09. The van der Waals surface area contributed by atoms with Crippen molar-refractivity contribution in [1.29, 1.82) is 0 Å². The lowest BCUT2D eigenvalue weighted by Crippen LogP contribution is -2.07. The number of H-pyrrole nitrogens is 1. The molecule has 3 heterocycles. The SMILES string of the molecule is CCCCc1nc(CCC(C)C)nn1Cc1ccc(-c2ccncc2-c2nn[nH]n2)cc1. The average Bonchev–Trinajstić information content (AvgIpc) is 3.47. The molecule has 8 heteroatoms. The summed E-state index contributed by atoms with van der Waals surface area (Å²) in [6.07, 6.45) is 8.83. The molecule has 0 bridgehead atoms.